The minimum absolute atomic E-state index is 0.00590. The van der Waals surface area contributed by atoms with Crippen molar-refractivity contribution in [2.24, 2.45) is 4.99 Å². The molecule has 12 heavy (non-hydrogen) atoms. The van der Waals surface area contributed by atoms with Crippen LogP contribution in [-0.2, 0) is 4.74 Å². The monoisotopic (exact) mass is 167 g/mol. The van der Waals surface area contributed by atoms with Gasteiger partial charge in [-0.15, -0.1) is 0 Å². The van der Waals surface area contributed by atoms with Gasteiger partial charge in [-0.25, -0.2) is 4.99 Å². The van der Waals surface area contributed by atoms with Crippen molar-refractivity contribution in [3.05, 3.63) is 12.2 Å². The topological polar surface area (TPSA) is 21.6 Å². The van der Waals surface area contributed by atoms with Gasteiger partial charge in [0.2, 0.25) is 5.90 Å². The number of hydrogen-bond acceptors (Lipinski definition) is 2. The molecule has 0 aromatic heterocycles. The lowest BCUT2D eigenvalue weighted by atomic mass is 9.96. The molecule has 0 aromatic carbocycles. The Bertz CT molecular complexity index is 228. The summed E-state index contributed by atoms with van der Waals surface area (Å²) in [4.78, 5) is 4.46. The zero-order valence-electron chi connectivity index (χ0n) is 8.35. The fraction of sp³-hybridized carbons (Fsp3) is 0.700. The van der Waals surface area contributed by atoms with Crippen LogP contribution in [0.1, 0.15) is 34.1 Å². The molecule has 0 bridgehead atoms. The first-order valence-corrected chi connectivity index (χ1v) is 4.33. The van der Waals surface area contributed by atoms with E-state index in [1.807, 2.05) is 6.92 Å². The SMILES string of the molecule is C=C(C)C1=NC(C)(C)C[C@H](C)O1. The van der Waals surface area contributed by atoms with Crippen molar-refractivity contribution >= 4 is 5.90 Å². The maximum Gasteiger partial charge on any atom is 0.211 e. The predicted molar refractivity (Wildman–Crippen MR) is 51.5 cm³/mol. The highest BCUT2D eigenvalue weighted by Crippen LogP contribution is 2.25. The average molecular weight is 167 g/mol. The first kappa shape index (κ1) is 9.30. The summed E-state index contributed by atoms with van der Waals surface area (Å²) >= 11 is 0. The summed E-state index contributed by atoms with van der Waals surface area (Å²) in [7, 11) is 0. The molecule has 0 unspecified atom stereocenters. The van der Waals surface area contributed by atoms with Crippen LogP contribution < -0.4 is 0 Å². The molecule has 1 aliphatic heterocycles. The summed E-state index contributed by atoms with van der Waals surface area (Å²) in [6, 6.07) is 0. The van der Waals surface area contributed by atoms with Crippen molar-refractivity contribution in [3.63, 3.8) is 0 Å². The number of ether oxygens (including phenoxy) is 1. The predicted octanol–water partition coefficient (Wildman–Crippen LogP) is 2.55. The molecule has 2 nitrogen and oxygen atoms in total. The molecule has 0 fully saturated rings. The Morgan fingerprint density at radius 1 is 1.67 bits per heavy atom. The van der Waals surface area contributed by atoms with Crippen LogP contribution in [0.25, 0.3) is 0 Å². The van der Waals surface area contributed by atoms with Crippen molar-refractivity contribution in [3.8, 4) is 0 Å². The molecule has 0 saturated heterocycles. The van der Waals surface area contributed by atoms with Crippen molar-refractivity contribution in [1.29, 1.82) is 0 Å². The highest BCUT2D eigenvalue weighted by Gasteiger charge is 2.27. The van der Waals surface area contributed by atoms with Gasteiger partial charge < -0.3 is 4.74 Å². The summed E-state index contributed by atoms with van der Waals surface area (Å²) in [5, 5.41) is 0. The molecule has 0 radical (unpaired) electrons. The molecule has 1 atom stereocenters. The normalized spacial score (nSPS) is 27.3. The average Bonchev–Trinajstić information content (AvgIpc) is 1.82. The smallest absolute Gasteiger partial charge is 0.211 e. The second-order valence-electron chi connectivity index (χ2n) is 4.14. The van der Waals surface area contributed by atoms with Gasteiger partial charge in [-0.1, -0.05) is 6.58 Å². The molecule has 0 aliphatic carbocycles. The maximum absolute atomic E-state index is 5.53. The van der Waals surface area contributed by atoms with Gasteiger partial charge in [0, 0.05) is 12.0 Å². The number of aliphatic imine (C=N–C) groups is 1. The van der Waals surface area contributed by atoms with Gasteiger partial charge in [0.25, 0.3) is 0 Å². The van der Waals surface area contributed by atoms with Gasteiger partial charge in [0.05, 0.1) is 11.6 Å². The zero-order chi connectivity index (χ0) is 9.35. The van der Waals surface area contributed by atoms with Gasteiger partial charge in [-0.2, -0.15) is 0 Å². The third-order valence-electron chi connectivity index (χ3n) is 1.87. The summed E-state index contributed by atoms with van der Waals surface area (Å²) < 4.78 is 5.53. The standard InChI is InChI=1S/C10H17NO/c1-7(2)9-11-10(4,5)6-8(3)12-9/h8H,1,6H2,2-5H3/t8-/m0/s1. The molecular weight excluding hydrogens is 150 g/mol. The van der Waals surface area contributed by atoms with E-state index in [0.717, 1.165) is 17.9 Å². The molecule has 68 valence electrons. The van der Waals surface area contributed by atoms with Crippen LogP contribution in [-0.4, -0.2) is 17.5 Å². The molecule has 0 saturated carbocycles. The lowest BCUT2D eigenvalue weighted by Crippen LogP contribution is -2.34. The van der Waals surface area contributed by atoms with E-state index in [1.54, 1.807) is 0 Å². The molecule has 2 heteroatoms. The van der Waals surface area contributed by atoms with Gasteiger partial charge in [-0.05, 0) is 27.7 Å². The van der Waals surface area contributed by atoms with E-state index >= 15 is 0 Å². The van der Waals surface area contributed by atoms with E-state index in [9.17, 15) is 0 Å². The molecule has 0 N–H and O–H groups in total. The van der Waals surface area contributed by atoms with Crippen LogP contribution >= 0.6 is 0 Å². The number of nitrogens with zero attached hydrogens (tertiary/aromatic N) is 1. The Balaban J connectivity index is 2.88. The van der Waals surface area contributed by atoms with Crippen LogP contribution in [0.4, 0.5) is 0 Å². The fourth-order valence-electron chi connectivity index (χ4n) is 1.48. The highest BCUT2D eigenvalue weighted by atomic mass is 16.5. The van der Waals surface area contributed by atoms with Gasteiger partial charge in [0.1, 0.15) is 0 Å². The molecular formula is C10H17NO. The second-order valence-corrected chi connectivity index (χ2v) is 4.14. The van der Waals surface area contributed by atoms with Crippen LogP contribution in [0.15, 0.2) is 17.1 Å². The fourth-order valence-corrected chi connectivity index (χ4v) is 1.48. The molecule has 0 aromatic rings. The van der Waals surface area contributed by atoms with Crippen molar-refractivity contribution < 1.29 is 4.74 Å². The quantitative estimate of drug-likeness (QED) is 0.588. The number of rotatable bonds is 1. The molecule has 1 heterocycles. The van der Waals surface area contributed by atoms with Gasteiger partial charge in [0.15, 0.2) is 0 Å². The van der Waals surface area contributed by atoms with Crippen LogP contribution in [0.5, 0.6) is 0 Å². The van der Waals surface area contributed by atoms with Gasteiger partial charge >= 0.3 is 0 Å². The van der Waals surface area contributed by atoms with Gasteiger partial charge in [-0.3, -0.25) is 0 Å². The van der Waals surface area contributed by atoms with E-state index < -0.39 is 0 Å². The van der Waals surface area contributed by atoms with E-state index in [4.69, 9.17) is 4.74 Å². The Morgan fingerprint density at radius 3 is 2.67 bits per heavy atom. The molecule has 1 aliphatic rings. The Morgan fingerprint density at radius 2 is 2.25 bits per heavy atom. The third-order valence-corrected chi connectivity index (χ3v) is 1.87. The minimum Gasteiger partial charge on any atom is -0.475 e. The van der Waals surface area contributed by atoms with Crippen molar-refractivity contribution in [1.82, 2.24) is 0 Å². The third kappa shape index (κ3) is 2.10. The lowest BCUT2D eigenvalue weighted by molar-refractivity contribution is 0.145. The molecule has 0 amide bonds. The molecule has 0 spiro atoms. The first-order valence-electron chi connectivity index (χ1n) is 4.33. The van der Waals surface area contributed by atoms with E-state index in [2.05, 4.69) is 32.3 Å². The highest BCUT2D eigenvalue weighted by molar-refractivity contribution is 5.93. The summed E-state index contributed by atoms with van der Waals surface area (Å²) in [6.45, 7) is 12.1. The second kappa shape index (κ2) is 2.92. The van der Waals surface area contributed by atoms with Crippen LogP contribution in [0.2, 0.25) is 0 Å². The zero-order valence-corrected chi connectivity index (χ0v) is 8.35. The lowest BCUT2D eigenvalue weighted by Gasteiger charge is -2.31. The summed E-state index contributed by atoms with van der Waals surface area (Å²) in [5.74, 6) is 0.721. The first-order chi connectivity index (χ1) is 5.41. The van der Waals surface area contributed by atoms with Crippen LogP contribution in [0.3, 0.4) is 0 Å². The summed E-state index contributed by atoms with van der Waals surface area (Å²) in [6.07, 6.45) is 1.23. The van der Waals surface area contributed by atoms with E-state index in [0.29, 0.717) is 0 Å². The van der Waals surface area contributed by atoms with Crippen LogP contribution in [0, 0.1) is 0 Å². The summed E-state index contributed by atoms with van der Waals surface area (Å²) in [5.41, 5.74) is 0.918. The largest absolute Gasteiger partial charge is 0.475 e. The van der Waals surface area contributed by atoms with Crippen molar-refractivity contribution in [2.45, 2.75) is 45.8 Å². The Labute approximate surface area is 74.3 Å². The van der Waals surface area contributed by atoms with Crippen molar-refractivity contribution in [2.75, 3.05) is 0 Å². The molecule has 1 rings (SSSR count). The Kier molecular flexibility index (Phi) is 2.27. The minimum atomic E-state index is 0.00590. The maximum atomic E-state index is 5.53. The van der Waals surface area contributed by atoms with E-state index in [1.165, 1.54) is 0 Å². The number of hydrogen-bond donors (Lipinski definition) is 0. The van der Waals surface area contributed by atoms with E-state index in [-0.39, 0.29) is 11.6 Å². The Hall–Kier alpha value is -0.790.